The predicted molar refractivity (Wildman–Crippen MR) is 355 cm³/mol. The Hall–Kier alpha value is -8.76. The number of primary amides is 1. The largest absolute Gasteiger partial charge is 0.507 e. The molecular weight excluding hydrogens is 1220 g/mol. The first-order valence-corrected chi connectivity index (χ1v) is 33.2. The second kappa shape index (κ2) is 31.0. The lowest BCUT2D eigenvalue weighted by atomic mass is 9.91. The van der Waals surface area contributed by atoms with E-state index < -0.39 is 54.1 Å². The van der Waals surface area contributed by atoms with Crippen LogP contribution < -0.4 is 47.3 Å². The Morgan fingerprint density at radius 2 is 1.61 bits per heavy atom. The monoisotopic (exact) mass is 1310 g/mol. The van der Waals surface area contributed by atoms with Crippen LogP contribution in [0.3, 0.4) is 0 Å². The van der Waals surface area contributed by atoms with Crippen molar-refractivity contribution < 1.29 is 53.0 Å². The number of aryl methyl sites for hydroxylation is 1. The maximum absolute atomic E-state index is 14.4. The van der Waals surface area contributed by atoms with Crippen LogP contribution in [-0.4, -0.2) is 183 Å². The average molecular weight is 1310 g/mol. The zero-order chi connectivity index (χ0) is 66.7. The Bertz CT molecular complexity index is 3600. The highest BCUT2D eigenvalue weighted by molar-refractivity contribution is 7.13. The van der Waals surface area contributed by atoms with Crippen LogP contribution in [0.2, 0.25) is 0 Å². The number of phenols is 1. The quantitative estimate of drug-likeness (QED) is 0.0298. The zero-order valence-corrected chi connectivity index (χ0v) is 54.9. The Labute approximate surface area is 551 Å². The molecule has 3 saturated heterocycles. The standard InChI is InChI=1S/C67H87N15O11S/c1-39(2)58(65(88)81-36-49(83)30-54(81)63(86)72-41(5)45-15-17-46(18-16-45)60-42(6)71-38-94-60)56-32-57(77-93-56)91-29-28-78-24-21-43(22-25-78)33-79-26-27-80-48(34-79)35-82(61-53(80)31-52(75-76-61)50-10-7-8-12-55(50)84)67(90)92-37-44-13-19-47(20-14-44)73-62(85)51(11-9-23-70-66(69)89)74-64(87)59(68)40(3)4/h7-8,10,12-20,31-32,38-41,43,48-49,51,54,58-59,83-84H,9,11,21-30,33-37,68H2,1-6H3,(H,72,86)(H,73,85)(H,74,87)(H3,69,70,89)/t41-,48+,49+,51-,54-,58+,59-/m0/s1. The number of nitrogens with two attached hydrogens (primary N) is 2. The molecule has 0 radical (unpaired) electrons. The number of piperazine rings is 1. The lowest BCUT2D eigenvalue weighted by Crippen LogP contribution is -2.61. The highest BCUT2D eigenvalue weighted by Crippen LogP contribution is 2.40. The van der Waals surface area contributed by atoms with E-state index in [-0.39, 0.29) is 79.9 Å². The molecule has 10 rings (SSSR count). The zero-order valence-electron chi connectivity index (χ0n) is 54.1. The number of urea groups is 1. The van der Waals surface area contributed by atoms with Crippen LogP contribution >= 0.6 is 11.3 Å². The molecule has 7 heterocycles. The minimum Gasteiger partial charge on any atom is -0.507 e. The SMILES string of the molecule is Cc1ncsc1-c1ccc([C@H](C)NC(=O)[C@@H]2C[C@@H](O)CN2C(=O)[C@@H](c2cc(OCCN3CCC(CN4CCN5c6cc(-c7ccccc7O)nnc6N(C(=O)OCc6ccc(NC(=O)[C@H](CCCNC(N)=O)NC(=O)[C@@H](N)C(C)C)cc6)C[C@H]5C4)CC3)no2)C(C)C)cc1. The smallest absolute Gasteiger partial charge is 0.415 e. The van der Waals surface area contributed by atoms with E-state index in [1.165, 1.54) is 9.80 Å². The third-order valence-corrected chi connectivity index (χ3v) is 19.1. The van der Waals surface area contributed by atoms with E-state index in [0.29, 0.717) is 84.9 Å². The summed E-state index contributed by atoms with van der Waals surface area (Å²) in [6, 6.07) is 21.5. The first kappa shape index (κ1) is 68.1. The molecule has 0 aliphatic carbocycles. The highest BCUT2D eigenvalue weighted by Gasteiger charge is 2.44. The van der Waals surface area contributed by atoms with Crippen molar-refractivity contribution in [3.8, 4) is 33.3 Å². The second-order valence-electron chi connectivity index (χ2n) is 25.6. The van der Waals surface area contributed by atoms with Gasteiger partial charge in [-0.3, -0.25) is 33.9 Å². The van der Waals surface area contributed by atoms with Gasteiger partial charge in [-0.2, -0.15) is 0 Å². The molecule has 4 aliphatic heterocycles. The number of benzene rings is 3. The van der Waals surface area contributed by atoms with E-state index in [2.05, 4.69) is 56.3 Å². The summed E-state index contributed by atoms with van der Waals surface area (Å²) < 4.78 is 17.9. The van der Waals surface area contributed by atoms with Gasteiger partial charge < -0.3 is 66.7 Å². The van der Waals surface area contributed by atoms with Gasteiger partial charge in [0.1, 0.15) is 37.0 Å². The fraction of sp³-hybridized carbons (Fsp3) is 0.493. The van der Waals surface area contributed by atoms with Gasteiger partial charge in [0.05, 0.1) is 58.2 Å². The number of aliphatic hydroxyl groups is 1. The van der Waals surface area contributed by atoms with Gasteiger partial charge in [-0.1, -0.05) is 76.2 Å². The van der Waals surface area contributed by atoms with Crippen molar-refractivity contribution in [1.82, 2.24) is 51.0 Å². The number of aromatic hydroxyl groups is 1. The Kier molecular flexibility index (Phi) is 22.5. The molecule has 27 heteroatoms. The van der Waals surface area contributed by atoms with Crippen molar-refractivity contribution in [3.63, 3.8) is 0 Å². The summed E-state index contributed by atoms with van der Waals surface area (Å²) in [5.74, 6) is -1.29. The molecule has 6 aromatic rings. The first-order chi connectivity index (χ1) is 45.2. The number of rotatable bonds is 25. The predicted octanol–water partition coefficient (Wildman–Crippen LogP) is 6.14. The van der Waals surface area contributed by atoms with Crippen molar-refractivity contribution in [1.29, 1.82) is 0 Å². The van der Waals surface area contributed by atoms with Crippen LogP contribution in [0.15, 0.2) is 95.0 Å². The van der Waals surface area contributed by atoms with Crippen LogP contribution in [0.1, 0.15) is 101 Å². The van der Waals surface area contributed by atoms with Crippen molar-refractivity contribution in [2.45, 2.75) is 122 Å². The molecule has 26 nitrogen and oxygen atoms in total. The van der Waals surface area contributed by atoms with E-state index >= 15 is 0 Å². The van der Waals surface area contributed by atoms with E-state index in [1.54, 1.807) is 59.9 Å². The summed E-state index contributed by atoms with van der Waals surface area (Å²) in [6.07, 6.45) is 1.20. The van der Waals surface area contributed by atoms with Crippen molar-refractivity contribution in [2.24, 2.45) is 29.2 Å². The number of carbonyl (C=O) groups is 6. The number of anilines is 3. The minimum absolute atomic E-state index is 0.0226. The fourth-order valence-electron chi connectivity index (χ4n) is 12.8. The number of nitrogens with zero attached hydrogens (tertiary/aromatic N) is 9. The van der Waals surface area contributed by atoms with Crippen LogP contribution in [0.25, 0.3) is 21.7 Å². The van der Waals surface area contributed by atoms with Gasteiger partial charge in [-0.25, -0.2) is 14.6 Å². The van der Waals surface area contributed by atoms with Gasteiger partial charge in [0.25, 0.3) is 5.88 Å². The van der Waals surface area contributed by atoms with E-state index in [1.807, 2.05) is 83.5 Å². The number of nitrogens with one attached hydrogen (secondary N) is 4. The van der Waals surface area contributed by atoms with Gasteiger partial charge in [-0.15, -0.1) is 21.5 Å². The van der Waals surface area contributed by atoms with Crippen LogP contribution in [-0.2, 0) is 30.5 Å². The van der Waals surface area contributed by atoms with Gasteiger partial charge in [0.15, 0.2) is 11.6 Å². The average Bonchev–Trinajstić information content (AvgIpc) is 0.795. The van der Waals surface area contributed by atoms with Crippen molar-refractivity contribution in [2.75, 3.05) is 87.2 Å². The molecule has 0 spiro atoms. The Morgan fingerprint density at radius 3 is 2.31 bits per heavy atom. The van der Waals surface area contributed by atoms with Gasteiger partial charge in [0, 0.05) is 69.6 Å². The second-order valence-corrected chi connectivity index (χ2v) is 26.5. The van der Waals surface area contributed by atoms with E-state index in [4.69, 9.17) is 25.5 Å². The van der Waals surface area contributed by atoms with Gasteiger partial charge in [-0.05, 0) is 123 Å². The lowest BCUT2D eigenvalue weighted by Gasteiger charge is -2.48. The number of carbonyl (C=O) groups excluding carboxylic acids is 6. The molecule has 0 bridgehead atoms. The summed E-state index contributed by atoms with van der Waals surface area (Å²) >= 11 is 1.58. The molecule has 3 fully saturated rings. The lowest BCUT2D eigenvalue weighted by molar-refractivity contribution is -0.141. The third kappa shape index (κ3) is 16.8. The number of ether oxygens (including phenoxy) is 2. The number of thiazole rings is 1. The highest BCUT2D eigenvalue weighted by atomic mass is 32.1. The van der Waals surface area contributed by atoms with Crippen LogP contribution in [0.4, 0.5) is 26.8 Å². The molecule has 4 aliphatic rings. The van der Waals surface area contributed by atoms with Crippen molar-refractivity contribution >= 4 is 64.3 Å². The van der Waals surface area contributed by atoms with Crippen LogP contribution in [0, 0.1) is 24.7 Å². The maximum Gasteiger partial charge on any atom is 0.415 e. The number of piperidine rings is 1. The number of amides is 7. The molecule has 0 saturated carbocycles. The molecule has 0 unspecified atom stereocenters. The Balaban J connectivity index is 0.702. The van der Waals surface area contributed by atoms with Crippen molar-refractivity contribution in [3.05, 3.63) is 113 Å². The number of likely N-dealkylation sites (tertiary alicyclic amines) is 2. The number of fused-ring (bicyclic) bond motifs is 3. The molecule has 7 atom stereocenters. The van der Waals surface area contributed by atoms with Crippen LogP contribution in [0.5, 0.6) is 11.6 Å². The number of β-amino-alcohol motifs (C(OH)–C–C–N with tert-alkyl or cyclic N) is 1. The van der Waals surface area contributed by atoms with E-state index in [0.717, 1.165) is 60.7 Å². The number of phenolic OH excluding ortho intramolecular Hbond substituents is 1. The summed E-state index contributed by atoms with van der Waals surface area (Å²) in [4.78, 5) is 95.6. The molecular formula is C67H87N15O11S. The number of aromatic nitrogens is 4. The fourth-order valence-corrected chi connectivity index (χ4v) is 13.6. The topological polar surface area (TPSA) is 342 Å². The van der Waals surface area contributed by atoms with Gasteiger partial charge >= 0.3 is 12.1 Å². The molecule has 3 aromatic carbocycles. The number of aliphatic hydroxyl groups excluding tert-OH is 1. The summed E-state index contributed by atoms with van der Waals surface area (Å²) in [6.45, 7) is 17.6. The Morgan fingerprint density at radius 1 is 0.851 bits per heavy atom. The summed E-state index contributed by atoms with van der Waals surface area (Å²) in [7, 11) is 0. The summed E-state index contributed by atoms with van der Waals surface area (Å²) in [5.41, 5.74) is 18.8. The third-order valence-electron chi connectivity index (χ3n) is 18.2. The molecule has 94 heavy (non-hydrogen) atoms. The molecule has 502 valence electrons. The maximum atomic E-state index is 14.4. The van der Waals surface area contributed by atoms with Gasteiger partial charge in [0.2, 0.25) is 23.6 Å². The normalized spacial score (nSPS) is 19.0. The number of hydrogen-bond donors (Lipinski definition) is 8. The first-order valence-electron chi connectivity index (χ1n) is 32.4. The molecule has 10 N–H and O–H groups in total. The summed E-state index contributed by atoms with van der Waals surface area (Å²) in [5, 5.41) is 46.0. The molecule has 7 amide bonds. The molecule has 3 aromatic heterocycles. The minimum atomic E-state index is -0.942. The van der Waals surface area contributed by atoms with E-state index in [9.17, 15) is 39.0 Å². The number of para-hydroxylation sites is 1. The number of hydrogen-bond acceptors (Lipinski definition) is 20.